The first-order valence-electron chi connectivity index (χ1n) is 17.9. The summed E-state index contributed by atoms with van der Waals surface area (Å²) in [6, 6.07) is 68.1. The molecular weight excluding hydrogens is 645 g/mol. The zero-order valence-corrected chi connectivity index (χ0v) is 28.8. The Balaban J connectivity index is 1.18. The van der Waals surface area contributed by atoms with Crippen LogP contribution < -0.4 is 0 Å². The van der Waals surface area contributed by atoms with Crippen LogP contribution in [0, 0.1) is 0 Å². The maximum atomic E-state index is 6.33. The van der Waals surface area contributed by atoms with Gasteiger partial charge in [0.25, 0.3) is 0 Å². The van der Waals surface area contributed by atoms with Gasteiger partial charge < -0.3 is 4.42 Å². The Morgan fingerprint density at radius 1 is 0.283 bits per heavy atom. The van der Waals surface area contributed by atoms with Crippen molar-refractivity contribution >= 4 is 32.7 Å². The zero-order valence-electron chi connectivity index (χ0n) is 28.8. The van der Waals surface area contributed by atoms with Crippen molar-refractivity contribution in [2.45, 2.75) is 0 Å². The van der Waals surface area contributed by atoms with Gasteiger partial charge in [0.15, 0.2) is 5.82 Å². The minimum Gasteiger partial charge on any atom is -0.456 e. The van der Waals surface area contributed by atoms with E-state index in [0.717, 1.165) is 83.4 Å². The van der Waals surface area contributed by atoms with Crippen LogP contribution in [-0.2, 0) is 0 Å². The molecule has 8 aromatic carbocycles. The maximum absolute atomic E-state index is 6.33. The number of nitrogens with zero attached hydrogens (tertiary/aromatic N) is 2. The molecule has 0 N–H and O–H groups in total. The summed E-state index contributed by atoms with van der Waals surface area (Å²) >= 11 is 0. The van der Waals surface area contributed by atoms with Gasteiger partial charge in [-0.05, 0) is 98.8 Å². The number of hydrogen-bond acceptors (Lipinski definition) is 3. The molecule has 3 heteroatoms. The molecule has 0 amide bonds. The van der Waals surface area contributed by atoms with Gasteiger partial charge in [-0.1, -0.05) is 140 Å². The molecule has 2 aromatic heterocycles. The van der Waals surface area contributed by atoms with Crippen LogP contribution >= 0.6 is 0 Å². The average Bonchev–Trinajstić information content (AvgIpc) is 3.62. The van der Waals surface area contributed by atoms with E-state index < -0.39 is 0 Å². The minimum atomic E-state index is 0.679. The lowest BCUT2D eigenvalue weighted by Crippen LogP contribution is -1.97. The van der Waals surface area contributed by atoms with E-state index in [1.807, 2.05) is 18.2 Å². The van der Waals surface area contributed by atoms with E-state index in [1.165, 1.54) is 10.8 Å². The van der Waals surface area contributed by atoms with Gasteiger partial charge >= 0.3 is 0 Å². The molecule has 10 rings (SSSR count). The molecule has 248 valence electrons. The van der Waals surface area contributed by atoms with Crippen molar-refractivity contribution in [3.05, 3.63) is 194 Å². The number of rotatable bonds is 6. The summed E-state index contributed by atoms with van der Waals surface area (Å²) in [6.07, 6.45) is 0. The van der Waals surface area contributed by atoms with Crippen molar-refractivity contribution < 1.29 is 4.42 Å². The van der Waals surface area contributed by atoms with Crippen LogP contribution in [0.2, 0.25) is 0 Å². The Morgan fingerprint density at radius 2 is 0.830 bits per heavy atom. The molecule has 2 heterocycles. The number of hydrogen-bond donors (Lipinski definition) is 0. The van der Waals surface area contributed by atoms with Gasteiger partial charge in [-0.25, -0.2) is 9.97 Å². The summed E-state index contributed by atoms with van der Waals surface area (Å²) in [5.74, 6) is 0.679. The van der Waals surface area contributed by atoms with E-state index in [0.29, 0.717) is 5.82 Å². The molecule has 0 saturated heterocycles. The second-order valence-electron chi connectivity index (χ2n) is 13.4. The lowest BCUT2D eigenvalue weighted by molar-refractivity contribution is 0.669. The van der Waals surface area contributed by atoms with Gasteiger partial charge in [0.05, 0.1) is 11.4 Å². The van der Waals surface area contributed by atoms with Crippen LogP contribution in [0.3, 0.4) is 0 Å². The Morgan fingerprint density at radius 3 is 1.64 bits per heavy atom. The van der Waals surface area contributed by atoms with Gasteiger partial charge in [-0.3, -0.25) is 0 Å². The fourth-order valence-corrected chi connectivity index (χ4v) is 7.33. The second-order valence-corrected chi connectivity index (χ2v) is 13.4. The SMILES string of the molecule is c1ccc(-c2cc(-c3ccc4c(c3)oc3ccccc34)cc(-c3cc(-c4ccc5ccccc5c4)nc(-c4cccc(-c5ccccc5)c4)n3)c2)cc1. The van der Waals surface area contributed by atoms with E-state index in [9.17, 15) is 0 Å². The van der Waals surface area contributed by atoms with Gasteiger partial charge in [0, 0.05) is 27.5 Å². The minimum absolute atomic E-state index is 0.679. The highest BCUT2D eigenvalue weighted by atomic mass is 16.3. The van der Waals surface area contributed by atoms with Crippen molar-refractivity contribution in [1.82, 2.24) is 9.97 Å². The highest BCUT2D eigenvalue weighted by Crippen LogP contribution is 2.38. The highest BCUT2D eigenvalue weighted by Gasteiger charge is 2.16. The summed E-state index contributed by atoms with van der Waals surface area (Å²) in [5.41, 5.74) is 13.2. The Kier molecular flexibility index (Phi) is 7.47. The van der Waals surface area contributed by atoms with Gasteiger partial charge in [-0.2, -0.15) is 0 Å². The summed E-state index contributed by atoms with van der Waals surface area (Å²) in [6.45, 7) is 0. The molecule has 0 fully saturated rings. The lowest BCUT2D eigenvalue weighted by atomic mass is 9.94. The van der Waals surface area contributed by atoms with Gasteiger partial charge in [0.1, 0.15) is 11.2 Å². The molecule has 0 spiro atoms. The summed E-state index contributed by atoms with van der Waals surface area (Å²) in [5, 5.41) is 4.61. The van der Waals surface area contributed by atoms with Crippen LogP contribution in [0.4, 0.5) is 0 Å². The third kappa shape index (κ3) is 5.85. The first-order chi connectivity index (χ1) is 26.2. The Labute approximate surface area is 307 Å². The van der Waals surface area contributed by atoms with Gasteiger partial charge in [-0.15, -0.1) is 0 Å². The number of benzene rings is 8. The normalized spacial score (nSPS) is 11.4. The molecule has 0 aliphatic heterocycles. The molecule has 53 heavy (non-hydrogen) atoms. The van der Waals surface area contributed by atoms with Crippen molar-refractivity contribution in [3.63, 3.8) is 0 Å². The first-order valence-corrected chi connectivity index (χ1v) is 17.9. The largest absolute Gasteiger partial charge is 0.456 e. The molecule has 0 bridgehead atoms. The quantitative estimate of drug-likeness (QED) is 0.176. The summed E-state index contributed by atoms with van der Waals surface area (Å²) in [7, 11) is 0. The number of para-hydroxylation sites is 1. The lowest BCUT2D eigenvalue weighted by Gasteiger charge is -2.14. The number of fused-ring (bicyclic) bond motifs is 4. The van der Waals surface area contributed by atoms with Crippen LogP contribution in [-0.4, -0.2) is 9.97 Å². The van der Waals surface area contributed by atoms with Crippen LogP contribution in [0.25, 0.3) is 100.0 Å². The Bertz CT molecular complexity index is 2950. The molecule has 0 atom stereocenters. The van der Waals surface area contributed by atoms with Crippen molar-refractivity contribution in [3.8, 4) is 67.3 Å². The van der Waals surface area contributed by atoms with Crippen molar-refractivity contribution in [2.24, 2.45) is 0 Å². The first kappa shape index (κ1) is 30.7. The second kappa shape index (κ2) is 12.9. The molecule has 0 saturated carbocycles. The molecule has 0 unspecified atom stereocenters. The van der Waals surface area contributed by atoms with Crippen LogP contribution in [0.5, 0.6) is 0 Å². The number of aromatic nitrogens is 2. The van der Waals surface area contributed by atoms with Gasteiger partial charge in [0.2, 0.25) is 0 Å². The fraction of sp³-hybridized carbons (Fsp3) is 0. The Hall–Kier alpha value is -7.10. The molecular formula is C50H32N2O. The maximum Gasteiger partial charge on any atom is 0.160 e. The number of furan rings is 1. The third-order valence-corrected chi connectivity index (χ3v) is 10.0. The van der Waals surface area contributed by atoms with Crippen LogP contribution in [0.1, 0.15) is 0 Å². The molecule has 3 nitrogen and oxygen atoms in total. The zero-order chi connectivity index (χ0) is 35.1. The fourth-order valence-electron chi connectivity index (χ4n) is 7.33. The van der Waals surface area contributed by atoms with Crippen molar-refractivity contribution in [1.29, 1.82) is 0 Å². The summed E-state index contributed by atoms with van der Waals surface area (Å²) < 4.78 is 6.33. The predicted molar refractivity (Wildman–Crippen MR) is 219 cm³/mol. The van der Waals surface area contributed by atoms with E-state index in [4.69, 9.17) is 14.4 Å². The van der Waals surface area contributed by atoms with Crippen LogP contribution in [0.15, 0.2) is 199 Å². The molecule has 10 aromatic rings. The van der Waals surface area contributed by atoms with E-state index in [1.54, 1.807) is 0 Å². The average molecular weight is 677 g/mol. The van der Waals surface area contributed by atoms with E-state index in [2.05, 4.69) is 176 Å². The standard InChI is InChI=1S/C50H32N2O/c1-3-12-33(13-4-1)37-18-11-19-40(27-37)50-51-46(39-23-22-35-16-7-8-17-36(35)26-39)32-47(52-50)43-29-41(34-14-5-2-6-15-34)28-42(30-43)38-24-25-45-44-20-9-10-21-48(44)53-49(45)31-38/h1-32H. The monoisotopic (exact) mass is 676 g/mol. The molecule has 0 aliphatic rings. The van der Waals surface area contributed by atoms with E-state index >= 15 is 0 Å². The van der Waals surface area contributed by atoms with E-state index in [-0.39, 0.29) is 0 Å². The topological polar surface area (TPSA) is 38.9 Å². The molecule has 0 radical (unpaired) electrons. The highest BCUT2D eigenvalue weighted by molar-refractivity contribution is 6.06. The predicted octanol–water partition coefficient (Wildman–Crippen LogP) is 13.5. The molecule has 0 aliphatic carbocycles. The van der Waals surface area contributed by atoms with Crippen molar-refractivity contribution in [2.75, 3.05) is 0 Å². The third-order valence-electron chi connectivity index (χ3n) is 10.0. The summed E-state index contributed by atoms with van der Waals surface area (Å²) in [4.78, 5) is 10.5. The smallest absolute Gasteiger partial charge is 0.160 e.